The fraction of sp³-hybridized carbons (Fsp3) is 0.211. The van der Waals surface area contributed by atoms with Gasteiger partial charge in [0.05, 0.1) is 11.1 Å². The number of halogens is 1. The van der Waals surface area contributed by atoms with Gasteiger partial charge in [-0.2, -0.15) is 0 Å². The summed E-state index contributed by atoms with van der Waals surface area (Å²) in [4.78, 5) is 14.6. The molecule has 0 saturated heterocycles. The Kier molecular flexibility index (Phi) is 4.11. The van der Waals surface area contributed by atoms with E-state index in [1.807, 2.05) is 19.0 Å². The zero-order chi connectivity index (χ0) is 17.4. The largest absolute Gasteiger partial charge is 0.507 e. The number of allylic oxidation sites excluding steroid dienone is 1. The average molecular weight is 327 g/mol. The number of ketones is 1. The normalized spacial score (nSPS) is 15.0. The molecular formula is C19H18FNO3. The lowest BCUT2D eigenvalue weighted by atomic mass is 9.99. The number of phenols is 1. The summed E-state index contributed by atoms with van der Waals surface area (Å²) >= 11 is 0. The summed E-state index contributed by atoms with van der Waals surface area (Å²) in [5.41, 5.74) is 2.21. The highest BCUT2D eigenvalue weighted by molar-refractivity contribution is 6.15. The number of carbonyl (C=O) groups excluding carboxylic acids is 1. The molecule has 124 valence electrons. The first-order chi connectivity index (χ1) is 11.4. The highest BCUT2D eigenvalue weighted by Crippen LogP contribution is 2.42. The molecule has 0 saturated carbocycles. The van der Waals surface area contributed by atoms with Crippen LogP contribution in [-0.4, -0.2) is 29.9 Å². The molecule has 0 bridgehead atoms. The molecule has 0 aromatic heterocycles. The third-order valence-electron chi connectivity index (χ3n) is 3.84. The molecule has 0 unspecified atom stereocenters. The molecule has 1 aliphatic heterocycles. The van der Waals surface area contributed by atoms with Gasteiger partial charge in [-0.05, 0) is 56.4 Å². The van der Waals surface area contributed by atoms with E-state index < -0.39 is 0 Å². The molecule has 3 rings (SSSR count). The van der Waals surface area contributed by atoms with Gasteiger partial charge in [0.25, 0.3) is 0 Å². The molecule has 24 heavy (non-hydrogen) atoms. The number of fused-ring (bicyclic) bond motifs is 1. The molecule has 4 nitrogen and oxygen atoms in total. The van der Waals surface area contributed by atoms with Crippen LogP contribution in [0.5, 0.6) is 11.5 Å². The minimum absolute atomic E-state index is 0.0970. The van der Waals surface area contributed by atoms with Crippen molar-refractivity contribution in [3.05, 3.63) is 64.2 Å². The summed E-state index contributed by atoms with van der Waals surface area (Å²) in [6.07, 6.45) is 1.52. The summed E-state index contributed by atoms with van der Waals surface area (Å²) < 4.78 is 19.1. The van der Waals surface area contributed by atoms with Gasteiger partial charge in [-0.3, -0.25) is 4.79 Å². The van der Waals surface area contributed by atoms with Crippen LogP contribution in [-0.2, 0) is 6.54 Å². The Labute approximate surface area is 139 Å². The summed E-state index contributed by atoms with van der Waals surface area (Å²) in [7, 11) is 3.73. The van der Waals surface area contributed by atoms with Gasteiger partial charge in [-0.15, -0.1) is 0 Å². The molecule has 0 atom stereocenters. The third-order valence-corrected chi connectivity index (χ3v) is 3.84. The van der Waals surface area contributed by atoms with Crippen LogP contribution in [0, 0.1) is 12.7 Å². The first kappa shape index (κ1) is 16.2. The maximum atomic E-state index is 13.3. The third kappa shape index (κ3) is 2.90. The van der Waals surface area contributed by atoms with Crippen molar-refractivity contribution in [1.29, 1.82) is 0 Å². The zero-order valence-corrected chi connectivity index (χ0v) is 13.8. The standard InChI is InChI=1S/C19H18FNO3/c1-11-7-15(22)14(10-21(2)3)19-17(11)18(23)16(24-19)9-12-5-4-6-13(20)8-12/h4-9,22H,10H2,1-3H3/b16-9-. The summed E-state index contributed by atoms with van der Waals surface area (Å²) in [5.74, 6) is -0.0286. The first-order valence-corrected chi connectivity index (χ1v) is 7.57. The van der Waals surface area contributed by atoms with Crippen LogP contribution >= 0.6 is 0 Å². The second-order valence-electron chi connectivity index (χ2n) is 6.13. The number of aryl methyl sites for hydroxylation is 1. The first-order valence-electron chi connectivity index (χ1n) is 7.57. The molecule has 5 heteroatoms. The van der Waals surface area contributed by atoms with Crippen LogP contribution in [0.2, 0.25) is 0 Å². The number of phenolic OH excluding ortho intramolecular Hbond substituents is 1. The minimum Gasteiger partial charge on any atom is -0.507 e. The molecule has 0 spiro atoms. The molecule has 0 amide bonds. The van der Waals surface area contributed by atoms with E-state index in [4.69, 9.17) is 4.74 Å². The van der Waals surface area contributed by atoms with Gasteiger partial charge < -0.3 is 14.7 Å². The number of benzene rings is 2. The van der Waals surface area contributed by atoms with E-state index in [1.54, 1.807) is 25.1 Å². The van der Waals surface area contributed by atoms with Crippen molar-refractivity contribution in [2.75, 3.05) is 14.1 Å². The Morgan fingerprint density at radius 3 is 2.71 bits per heavy atom. The molecule has 1 heterocycles. The molecular weight excluding hydrogens is 309 g/mol. The number of hydrogen-bond donors (Lipinski definition) is 1. The number of Topliss-reactive ketones (excluding diaryl/α,β-unsaturated/α-hetero) is 1. The Balaban J connectivity index is 2.08. The van der Waals surface area contributed by atoms with Crippen LogP contribution in [0.15, 0.2) is 36.1 Å². The molecule has 1 N–H and O–H groups in total. The number of aromatic hydroxyl groups is 1. The maximum Gasteiger partial charge on any atom is 0.232 e. The minimum atomic E-state index is -0.380. The van der Waals surface area contributed by atoms with Crippen molar-refractivity contribution in [3.8, 4) is 11.5 Å². The van der Waals surface area contributed by atoms with Gasteiger partial charge in [0, 0.05) is 6.54 Å². The number of ether oxygens (including phenoxy) is 1. The average Bonchev–Trinajstić information content (AvgIpc) is 2.81. The van der Waals surface area contributed by atoms with E-state index in [-0.39, 0.29) is 23.1 Å². The van der Waals surface area contributed by atoms with Crippen molar-refractivity contribution in [2.24, 2.45) is 0 Å². The lowest BCUT2D eigenvalue weighted by molar-refractivity contribution is 0.101. The Morgan fingerprint density at radius 2 is 2.04 bits per heavy atom. The van der Waals surface area contributed by atoms with Gasteiger partial charge in [-0.1, -0.05) is 12.1 Å². The monoisotopic (exact) mass is 327 g/mol. The van der Waals surface area contributed by atoms with E-state index in [0.717, 1.165) is 0 Å². The Hall–Kier alpha value is -2.66. The molecule has 0 fully saturated rings. The zero-order valence-electron chi connectivity index (χ0n) is 13.8. The van der Waals surface area contributed by atoms with Gasteiger partial charge >= 0.3 is 0 Å². The quantitative estimate of drug-likeness (QED) is 0.877. The van der Waals surface area contributed by atoms with Gasteiger partial charge in [0.1, 0.15) is 17.3 Å². The molecule has 0 radical (unpaired) electrons. The van der Waals surface area contributed by atoms with E-state index >= 15 is 0 Å². The van der Waals surface area contributed by atoms with Crippen LogP contribution in [0.4, 0.5) is 4.39 Å². The van der Waals surface area contributed by atoms with Gasteiger partial charge in [0.2, 0.25) is 5.78 Å². The highest BCUT2D eigenvalue weighted by Gasteiger charge is 2.33. The SMILES string of the molecule is Cc1cc(O)c(CN(C)C)c2c1C(=O)/C(=C/c1cccc(F)c1)O2. The van der Waals surface area contributed by atoms with Crippen LogP contribution in [0.1, 0.15) is 27.0 Å². The summed E-state index contributed by atoms with van der Waals surface area (Å²) in [5, 5.41) is 10.2. The van der Waals surface area contributed by atoms with Crippen LogP contribution < -0.4 is 4.74 Å². The predicted octanol–water partition coefficient (Wildman–Crippen LogP) is 3.52. The van der Waals surface area contributed by atoms with Crippen molar-refractivity contribution >= 4 is 11.9 Å². The van der Waals surface area contributed by atoms with E-state index in [2.05, 4.69) is 0 Å². The Bertz CT molecular complexity index is 856. The fourth-order valence-corrected chi connectivity index (χ4v) is 2.80. The maximum absolute atomic E-state index is 13.3. The Morgan fingerprint density at radius 1 is 1.29 bits per heavy atom. The van der Waals surface area contributed by atoms with Crippen molar-refractivity contribution in [2.45, 2.75) is 13.5 Å². The van der Waals surface area contributed by atoms with Crippen molar-refractivity contribution in [1.82, 2.24) is 4.90 Å². The summed E-state index contributed by atoms with van der Waals surface area (Å²) in [6, 6.07) is 7.51. The highest BCUT2D eigenvalue weighted by atomic mass is 19.1. The second-order valence-corrected chi connectivity index (χ2v) is 6.13. The smallest absolute Gasteiger partial charge is 0.232 e. The van der Waals surface area contributed by atoms with Gasteiger partial charge in [-0.25, -0.2) is 4.39 Å². The fourth-order valence-electron chi connectivity index (χ4n) is 2.80. The number of carbonyl (C=O) groups is 1. The van der Waals surface area contributed by atoms with E-state index in [1.165, 1.54) is 18.2 Å². The van der Waals surface area contributed by atoms with Crippen LogP contribution in [0.3, 0.4) is 0 Å². The van der Waals surface area contributed by atoms with Crippen LogP contribution in [0.25, 0.3) is 6.08 Å². The molecule has 2 aromatic carbocycles. The second kappa shape index (κ2) is 6.09. The number of rotatable bonds is 3. The molecule has 1 aliphatic rings. The van der Waals surface area contributed by atoms with Gasteiger partial charge in [0.15, 0.2) is 5.76 Å². The number of hydrogen-bond acceptors (Lipinski definition) is 4. The van der Waals surface area contributed by atoms with E-state index in [0.29, 0.717) is 34.5 Å². The molecule has 0 aliphatic carbocycles. The van der Waals surface area contributed by atoms with Crippen molar-refractivity contribution < 1.29 is 19.0 Å². The predicted molar refractivity (Wildman–Crippen MR) is 89.6 cm³/mol. The lowest BCUT2D eigenvalue weighted by Gasteiger charge is -2.15. The number of nitrogens with zero attached hydrogens (tertiary/aromatic N) is 1. The molecule has 2 aromatic rings. The lowest BCUT2D eigenvalue weighted by Crippen LogP contribution is -2.12. The summed E-state index contributed by atoms with van der Waals surface area (Å²) in [6.45, 7) is 2.19. The van der Waals surface area contributed by atoms with E-state index in [9.17, 15) is 14.3 Å². The van der Waals surface area contributed by atoms with Crippen molar-refractivity contribution in [3.63, 3.8) is 0 Å². The topological polar surface area (TPSA) is 49.8 Å².